The Labute approximate surface area is 136 Å². The number of imidazole rings is 1. The van der Waals surface area contributed by atoms with Crippen LogP contribution >= 0.6 is 0 Å². The van der Waals surface area contributed by atoms with Crippen molar-refractivity contribution in [3.05, 3.63) is 30.5 Å². The highest BCUT2D eigenvalue weighted by Gasteiger charge is 2.23. The van der Waals surface area contributed by atoms with E-state index in [-0.39, 0.29) is 11.9 Å². The van der Waals surface area contributed by atoms with Crippen molar-refractivity contribution in [1.29, 1.82) is 0 Å². The molecule has 7 heteroatoms. The highest BCUT2D eigenvalue weighted by Crippen LogP contribution is 2.18. The maximum atomic E-state index is 12.2. The second-order valence-electron chi connectivity index (χ2n) is 6.16. The maximum Gasteiger partial charge on any atom is 0.220 e. The number of hydrogen-bond acceptors (Lipinski definition) is 4. The highest BCUT2D eigenvalue weighted by atomic mass is 16.1. The summed E-state index contributed by atoms with van der Waals surface area (Å²) in [4.78, 5) is 18.6. The first-order valence-electron chi connectivity index (χ1n) is 8.11. The Morgan fingerprint density at radius 2 is 2.30 bits per heavy atom. The Hall–Kier alpha value is -2.31. The van der Waals surface area contributed by atoms with Crippen LogP contribution < -0.4 is 10.2 Å². The number of carbonyl (C=O) groups is 1. The van der Waals surface area contributed by atoms with Crippen LogP contribution in [0.3, 0.4) is 0 Å². The van der Waals surface area contributed by atoms with Gasteiger partial charge in [-0.3, -0.25) is 9.48 Å². The van der Waals surface area contributed by atoms with Crippen molar-refractivity contribution in [2.75, 3.05) is 18.0 Å². The van der Waals surface area contributed by atoms with E-state index < -0.39 is 0 Å². The molecule has 1 aliphatic rings. The van der Waals surface area contributed by atoms with E-state index in [4.69, 9.17) is 0 Å². The summed E-state index contributed by atoms with van der Waals surface area (Å²) in [5.41, 5.74) is 1.08. The fourth-order valence-corrected chi connectivity index (χ4v) is 3.15. The van der Waals surface area contributed by atoms with Crippen LogP contribution in [0.25, 0.3) is 0 Å². The van der Waals surface area contributed by atoms with Gasteiger partial charge in [-0.1, -0.05) is 0 Å². The molecule has 2 aromatic rings. The molecule has 0 aliphatic carbocycles. The van der Waals surface area contributed by atoms with Crippen molar-refractivity contribution in [3.8, 4) is 0 Å². The molecule has 1 amide bonds. The van der Waals surface area contributed by atoms with Crippen molar-refractivity contribution in [2.45, 2.75) is 31.7 Å². The molecule has 0 spiro atoms. The zero-order valence-corrected chi connectivity index (χ0v) is 13.8. The van der Waals surface area contributed by atoms with Gasteiger partial charge in [-0.05, 0) is 19.3 Å². The van der Waals surface area contributed by atoms with Crippen molar-refractivity contribution < 1.29 is 4.79 Å². The van der Waals surface area contributed by atoms with Crippen molar-refractivity contribution >= 4 is 11.7 Å². The third kappa shape index (κ3) is 3.72. The second-order valence-corrected chi connectivity index (χ2v) is 6.16. The number of anilines is 1. The van der Waals surface area contributed by atoms with E-state index in [1.807, 2.05) is 41.8 Å². The van der Waals surface area contributed by atoms with Crippen LogP contribution in [0, 0.1) is 0 Å². The van der Waals surface area contributed by atoms with Gasteiger partial charge in [0.2, 0.25) is 5.91 Å². The molecule has 1 saturated heterocycles. The summed E-state index contributed by atoms with van der Waals surface area (Å²) in [5, 5.41) is 7.40. The van der Waals surface area contributed by atoms with Crippen LogP contribution in [-0.2, 0) is 25.3 Å². The van der Waals surface area contributed by atoms with Gasteiger partial charge in [0.1, 0.15) is 5.82 Å². The molecule has 7 nitrogen and oxygen atoms in total. The number of rotatable bonds is 5. The van der Waals surface area contributed by atoms with Crippen LogP contribution in [0.15, 0.2) is 24.8 Å². The lowest BCUT2D eigenvalue weighted by Crippen LogP contribution is -2.48. The lowest BCUT2D eigenvalue weighted by Gasteiger charge is -2.34. The summed E-state index contributed by atoms with van der Waals surface area (Å²) in [6.07, 6.45) is 8.73. The van der Waals surface area contributed by atoms with Gasteiger partial charge in [0.25, 0.3) is 0 Å². The standard InChI is InChI=1S/C16H24N6O/c1-20-12-17-10-14(20)5-6-15(23)19-13-4-3-9-22(11-13)16-7-8-18-21(16)2/h7-8,10,12-13H,3-6,9,11H2,1-2H3,(H,19,23). The number of aryl methyl sites for hydroxylation is 3. The third-order valence-electron chi connectivity index (χ3n) is 4.43. The molecular formula is C16H24N6O. The Kier molecular flexibility index (Phi) is 4.64. The molecule has 124 valence electrons. The molecule has 3 heterocycles. The monoisotopic (exact) mass is 316 g/mol. The Morgan fingerprint density at radius 3 is 3.00 bits per heavy atom. The second kappa shape index (κ2) is 6.85. The first kappa shape index (κ1) is 15.6. The Balaban J connectivity index is 1.50. The van der Waals surface area contributed by atoms with Crippen molar-refractivity contribution in [3.63, 3.8) is 0 Å². The minimum Gasteiger partial charge on any atom is -0.355 e. The third-order valence-corrected chi connectivity index (χ3v) is 4.43. The lowest BCUT2D eigenvalue weighted by molar-refractivity contribution is -0.121. The summed E-state index contributed by atoms with van der Waals surface area (Å²) in [6, 6.07) is 2.23. The normalized spacial score (nSPS) is 18.2. The number of aromatic nitrogens is 4. The summed E-state index contributed by atoms with van der Waals surface area (Å²) < 4.78 is 3.84. The van der Waals surface area contributed by atoms with Crippen LogP contribution in [0.4, 0.5) is 5.82 Å². The van der Waals surface area contributed by atoms with Crippen LogP contribution in [0.5, 0.6) is 0 Å². The van der Waals surface area contributed by atoms with Crippen molar-refractivity contribution in [1.82, 2.24) is 24.6 Å². The predicted octanol–water partition coefficient (Wildman–Crippen LogP) is 0.871. The molecule has 0 bridgehead atoms. The number of carbonyl (C=O) groups excluding carboxylic acids is 1. The average Bonchev–Trinajstić information content (AvgIpc) is 3.14. The summed E-state index contributed by atoms with van der Waals surface area (Å²) >= 11 is 0. The molecule has 3 rings (SSSR count). The average molecular weight is 316 g/mol. The fraction of sp³-hybridized carbons (Fsp3) is 0.562. The molecule has 1 fully saturated rings. The molecule has 1 aliphatic heterocycles. The number of amides is 1. The van der Waals surface area contributed by atoms with Gasteiger partial charge in [-0.15, -0.1) is 0 Å². The number of nitrogens with zero attached hydrogens (tertiary/aromatic N) is 5. The number of piperidine rings is 1. The molecule has 1 N–H and O–H groups in total. The zero-order valence-electron chi connectivity index (χ0n) is 13.8. The van der Waals surface area contributed by atoms with Gasteiger partial charge < -0.3 is 14.8 Å². The van der Waals surface area contributed by atoms with Crippen LogP contribution in [0.1, 0.15) is 25.0 Å². The van der Waals surface area contributed by atoms with Gasteiger partial charge in [0.15, 0.2) is 0 Å². The maximum absolute atomic E-state index is 12.2. The quantitative estimate of drug-likeness (QED) is 0.889. The Bertz CT molecular complexity index is 661. The zero-order chi connectivity index (χ0) is 16.2. The largest absolute Gasteiger partial charge is 0.355 e. The molecular weight excluding hydrogens is 292 g/mol. The van der Waals surface area contributed by atoms with E-state index in [0.29, 0.717) is 6.42 Å². The smallest absolute Gasteiger partial charge is 0.220 e. The topological polar surface area (TPSA) is 68.0 Å². The van der Waals surface area contributed by atoms with Gasteiger partial charge in [0.05, 0.1) is 12.5 Å². The minimum absolute atomic E-state index is 0.114. The van der Waals surface area contributed by atoms with Gasteiger partial charge in [-0.2, -0.15) is 5.10 Å². The van der Waals surface area contributed by atoms with E-state index in [2.05, 4.69) is 20.3 Å². The van der Waals surface area contributed by atoms with Crippen LogP contribution in [-0.4, -0.2) is 44.4 Å². The van der Waals surface area contributed by atoms with Gasteiger partial charge in [0, 0.05) is 57.6 Å². The molecule has 0 aromatic carbocycles. The fourth-order valence-electron chi connectivity index (χ4n) is 3.15. The number of nitrogens with one attached hydrogen (secondary N) is 1. The summed E-state index contributed by atoms with van der Waals surface area (Å²) in [6.45, 7) is 1.86. The first-order chi connectivity index (χ1) is 11.1. The molecule has 23 heavy (non-hydrogen) atoms. The lowest BCUT2D eigenvalue weighted by atomic mass is 10.1. The van der Waals surface area contributed by atoms with Gasteiger partial charge >= 0.3 is 0 Å². The van der Waals surface area contributed by atoms with Crippen molar-refractivity contribution in [2.24, 2.45) is 14.1 Å². The molecule has 0 radical (unpaired) electrons. The first-order valence-corrected chi connectivity index (χ1v) is 8.11. The SMILES string of the molecule is Cn1cncc1CCC(=O)NC1CCCN(c2ccnn2C)C1. The summed E-state index contributed by atoms with van der Waals surface area (Å²) in [7, 11) is 3.90. The molecule has 0 saturated carbocycles. The van der Waals surface area contributed by atoms with E-state index >= 15 is 0 Å². The number of hydrogen-bond donors (Lipinski definition) is 1. The highest BCUT2D eigenvalue weighted by molar-refractivity contribution is 5.76. The van der Waals surface area contributed by atoms with Gasteiger partial charge in [-0.25, -0.2) is 4.98 Å². The predicted molar refractivity (Wildman–Crippen MR) is 88.1 cm³/mol. The molecule has 1 atom stereocenters. The van der Waals surface area contributed by atoms with E-state index in [1.54, 1.807) is 6.33 Å². The minimum atomic E-state index is 0.114. The summed E-state index contributed by atoms with van der Waals surface area (Å²) in [5.74, 6) is 1.22. The molecule has 2 aromatic heterocycles. The van der Waals surface area contributed by atoms with E-state index in [1.165, 1.54) is 0 Å². The van der Waals surface area contributed by atoms with E-state index in [0.717, 1.165) is 43.9 Å². The molecule has 1 unspecified atom stereocenters. The van der Waals surface area contributed by atoms with E-state index in [9.17, 15) is 4.79 Å². The Morgan fingerprint density at radius 1 is 1.43 bits per heavy atom. The van der Waals surface area contributed by atoms with Crippen LogP contribution in [0.2, 0.25) is 0 Å².